The van der Waals surface area contributed by atoms with Gasteiger partial charge >= 0.3 is 0 Å². The number of hydrogen-bond donors (Lipinski definition) is 0. The van der Waals surface area contributed by atoms with Crippen LogP contribution in [-0.2, 0) is 0 Å². The van der Waals surface area contributed by atoms with Crippen LogP contribution in [0.15, 0.2) is 40.9 Å². The van der Waals surface area contributed by atoms with E-state index in [1.807, 2.05) is 24.3 Å². The Morgan fingerprint density at radius 2 is 1.72 bits per heavy atom. The summed E-state index contributed by atoms with van der Waals surface area (Å²) >= 11 is 24.3. The molecule has 1 unspecified atom stereocenters. The quantitative estimate of drug-likeness (QED) is 0.335. The zero-order valence-corrected chi connectivity index (χ0v) is 14.9. The highest BCUT2D eigenvalue weighted by atomic mass is 127. The third-order valence-electron chi connectivity index (χ3n) is 2.47. The van der Waals surface area contributed by atoms with Gasteiger partial charge in [0, 0.05) is 18.1 Å². The first kappa shape index (κ1) is 14.9. The van der Waals surface area contributed by atoms with Crippen LogP contribution in [-0.4, -0.2) is 0 Å². The molecule has 0 aliphatic carbocycles. The summed E-state index contributed by atoms with van der Waals surface area (Å²) in [4.78, 5) is 0. The van der Waals surface area contributed by atoms with Crippen LogP contribution >= 0.6 is 73.3 Å². The van der Waals surface area contributed by atoms with Gasteiger partial charge in [-0.2, -0.15) is 0 Å². The minimum absolute atomic E-state index is 0.292. The standard InChI is InChI=1S/C13H7BrCl3I/c14-7-1-4-12(18)10(5-7)13(17)9-3-2-8(15)6-11(9)16/h1-6,13H. The molecule has 0 radical (unpaired) electrons. The minimum Gasteiger partial charge on any atom is -0.112 e. The van der Waals surface area contributed by atoms with Crippen molar-refractivity contribution in [2.24, 2.45) is 0 Å². The van der Waals surface area contributed by atoms with Crippen molar-refractivity contribution in [1.82, 2.24) is 0 Å². The number of halogens is 5. The highest BCUT2D eigenvalue weighted by Gasteiger charge is 2.17. The predicted octanol–water partition coefficient (Wildman–Crippen LogP) is 6.69. The lowest BCUT2D eigenvalue weighted by Crippen LogP contribution is -1.97. The van der Waals surface area contributed by atoms with E-state index >= 15 is 0 Å². The van der Waals surface area contributed by atoms with E-state index in [2.05, 4.69) is 38.5 Å². The number of benzene rings is 2. The van der Waals surface area contributed by atoms with E-state index in [1.165, 1.54) is 0 Å². The molecule has 0 saturated carbocycles. The van der Waals surface area contributed by atoms with E-state index in [-0.39, 0.29) is 5.38 Å². The SMILES string of the molecule is Clc1ccc(C(Cl)c2cc(Br)ccc2I)c(Cl)c1. The zero-order valence-electron chi connectivity index (χ0n) is 8.93. The molecule has 0 nitrogen and oxygen atoms in total. The van der Waals surface area contributed by atoms with E-state index in [1.54, 1.807) is 12.1 Å². The molecule has 2 rings (SSSR count). The van der Waals surface area contributed by atoms with Gasteiger partial charge in [-0.05, 0) is 64.0 Å². The summed E-state index contributed by atoms with van der Waals surface area (Å²) in [6.45, 7) is 0. The van der Waals surface area contributed by atoms with Crippen LogP contribution in [0.3, 0.4) is 0 Å². The van der Waals surface area contributed by atoms with Crippen molar-refractivity contribution < 1.29 is 0 Å². The highest BCUT2D eigenvalue weighted by molar-refractivity contribution is 14.1. The van der Waals surface area contributed by atoms with E-state index in [0.29, 0.717) is 10.0 Å². The smallest absolute Gasteiger partial charge is 0.0860 e. The molecule has 0 amide bonds. The van der Waals surface area contributed by atoms with E-state index in [9.17, 15) is 0 Å². The molecule has 0 fully saturated rings. The Morgan fingerprint density at radius 1 is 1.00 bits per heavy atom. The number of rotatable bonds is 2. The van der Waals surface area contributed by atoms with Gasteiger partial charge in [-0.25, -0.2) is 0 Å². The minimum atomic E-state index is -0.292. The van der Waals surface area contributed by atoms with Gasteiger partial charge < -0.3 is 0 Å². The summed E-state index contributed by atoms with van der Waals surface area (Å²) in [5, 5.41) is 0.897. The Balaban J connectivity index is 2.47. The molecule has 94 valence electrons. The molecule has 0 saturated heterocycles. The first-order valence-electron chi connectivity index (χ1n) is 5.03. The number of alkyl halides is 1. The van der Waals surface area contributed by atoms with Crippen molar-refractivity contribution in [1.29, 1.82) is 0 Å². The fourth-order valence-electron chi connectivity index (χ4n) is 1.58. The molecule has 18 heavy (non-hydrogen) atoms. The van der Waals surface area contributed by atoms with Gasteiger partial charge in [-0.15, -0.1) is 11.6 Å². The van der Waals surface area contributed by atoms with Crippen molar-refractivity contribution in [3.05, 3.63) is 65.6 Å². The molecule has 0 bridgehead atoms. The van der Waals surface area contributed by atoms with Crippen LogP contribution in [0, 0.1) is 3.57 Å². The largest absolute Gasteiger partial charge is 0.112 e. The topological polar surface area (TPSA) is 0 Å². The Bertz CT molecular complexity index is 586. The lowest BCUT2D eigenvalue weighted by molar-refractivity contribution is 1.12. The first-order chi connectivity index (χ1) is 8.49. The lowest BCUT2D eigenvalue weighted by atomic mass is 10.0. The molecular weight excluding hydrogens is 469 g/mol. The zero-order chi connectivity index (χ0) is 13.3. The van der Waals surface area contributed by atoms with Gasteiger partial charge in [0.25, 0.3) is 0 Å². The van der Waals surface area contributed by atoms with Crippen LogP contribution in [0.4, 0.5) is 0 Å². The second-order valence-electron chi connectivity index (χ2n) is 3.69. The second-order valence-corrected chi connectivity index (χ2v) is 7.05. The lowest BCUT2D eigenvalue weighted by Gasteiger charge is -2.14. The van der Waals surface area contributed by atoms with Crippen LogP contribution in [0.1, 0.15) is 16.5 Å². The highest BCUT2D eigenvalue weighted by Crippen LogP contribution is 2.37. The Hall–Kier alpha value is 0.520. The van der Waals surface area contributed by atoms with Crippen molar-refractivity contribution in [2.75, 3.05) is 0 Å². The predicted molar refractivity (Wildman–Crippen MR) is 91.0 cm³/mol. The molecule has 0 aliphatic rings. The fourth-order valence-corrected chi connectivity index (χ4v) is 3.74. The summed E-state index contributed by atoms with van der Waals surface area (Å²) in [5.74, 6) is 0. The fraction of sp³-hybridized carbons (Fsp3) is 0.0769. The molecule has 0 aromatic heterocycles. The Kier molecular flexibility index (Phi) is 5.23. The normalized spacial score (nSPS) is 12.5. The molecular formula is C13H7BrCl3I. The summed E-state index contributed by atoms with van der Waals surface area (Å²) in [6.07, 6.45) is 0. The Morgan fingerprint density at radius 3 is 2.39 bits per heavy atom. The van der Waals surface area contributed by atoms with Crippen LogP contribution < -0.4 is 0 Å². The summed E-state index contributed by atoms with van der Waals surface area (Å²) in [7, 11) is 0. The van der Waals surface area contributed by atoms with E-state index < -0.39 is 0 Å². The van der Waals surface area contributed by atoms with Crippen LogP contribution in [0.2, 0.25) is 10.0 Å². The monoisotopic (exact) mass is 474 g/mol. The maximum Gasteiger partial charge on any atom is 0.0860 e. The van der Waals surface area contributed by atoms with Gasteiger partial charge in [0.2, 0.25) is 0 Å². The summed E-state index contributed by atoms with van der Waals surface area (Å²) in [5.41, 5.74) is 1.88. The molecule has 0 spiro atoms. The maximum absolute atomic E-state index is 6.51. The molecule has 1 atom stereocenters. The molecule has 0 heterocycles. The maximum atomic E-state index is 6.51. The van der Waals surface area contributed by atoms with Gasteiger partial charge in [0.15, 0.2) is 0 Å². The third-order valence-corrected chi connectivity index (χ3v) is 4.97. The van der Waals surface area contributed by atoms with Gasteiger partial charge in [0.1, 0.15) is 0 Å². The van der Waals surface area contributed by atoms with Crippen molar-refractivity contribution in [3.8, 4) is 0 Å². The van der Waals surface area contributed by atoms with E-state index in [4.69, 9.17) is 34.8 Å². The van der Waals surface area contributed by atoms with Gasteiger partial charge in [-0.1, -0.05) is 45.2 Å². The summed E-state index contributed by atoms with van der Waals surface area (Å²) < 4.78 is 2.09. The van der Waals surface area contributed by atoms with Gasteiger partial charge in [0.05, 0.1) is 5.38 Å². The van der Waals surface area contributed by atoms with Crippen LogP contribution in [0.25, 0.3) is 0 Å². The summed E-state index contributed by atoms with van der Waals surface area (Å²) in [6, 6.07) is 11.4. The van der Waals surface area contributed by atoms with E-state index in [0.717, 1.165) is 19.2 Å². The molecule has 5 heteroatoms. The Labute approximate surface area is 143 Å². The third kappa shape index (κ3) is 3.34. The van der Waals surface area contributed by atoms with Crippen LogP contribution in [0.5, 0.6) is 0 Å². The molecule has 2 aromatic rings. The first-order valence-corrected chi connectivity index (χ1v) is 8.09. The number of hydrogen-bond acceptors (Lipinski definition) is 0. The van der Waals surface area contributed by atoms with Gasteiger partial charge in [-0.3, -0.25) is 0 Å². The molecule has 0 N–H and O–H groups in total. The average Bonchev–Trinajstić information content (AvgIpc) is 2.31. The molecule has 2 aromatic carbocycles. The van der Waals surface area contributed by atoms with Crippen molar-refractivity contribution in [2.45, 2.75) is 5.38 Å². The molecule has 0 aliphatic heterocycles. The second kappa shape index (κ2) is 6.31. The average molecular weight is 476 g/mol. The van der Waals surface area contributed by atoms with Crippen molar-refractivity contribution in [3.63, 3.8) is 0 Å². The van der Waals surface area contributed by atoms with Crippen molar-refractivity contribution >= 4 is 73.3 Å².